The summed E-state index contributed by atoms with van der Waals surface area (Å²) in [7, 11) is 4.14. The van der Waals surface area contributed by atoms with Gasteiger partial charge in [-0.2, -0.15) is 0 Å². The highest BCUT2D eigenvalue weighted by Gasteiger charge is 2.40. The molecule has 0 heterocycles. The molecule has 2 aliphatic rings. The maximum atomic E-state index is 5.55. The predicted molar refractivity (Wildman–Crippen MR) is 66.5 cm³/mol. The maximum Gasteiger partial charge on any atom is 0.0593 e. The first-order chi connectivity index (χ1) is 7.77. The Morgan fingerprint density at radius 3 is 3.00 bits per heavy atom. The van der Waals surface area contributed by atoms with Gasteiger partial charge in [0.2, 0.25) is 0 Å². The number of hydrogen-bond donors (Lipinski definition) is 1. The minimum Gasteiger partial charge on any atom is -0.379 e. The van der Waals surface area contributed by atoms with Crippen LogP contribution in [0, 0.1) is 11.8 Å². The van der Waals surface area contributed by atoms with Crippen molar-refractivity contribution < 1.29 is 4.74 Å². The molecule has 0 bridgehead atoms. The number of nitrogens with one attached hydrogen (secondary N) is 1. The number of nitrogens with zero attached hydrogens (tertiary/aromatic N) is 1. The third-order valence-electron chi connectivity index (χ3n) is 3.70. The van der Waals surface area contributed by atoms with Crippen LogP contribution < -0.4 is 5.32 Å². The van der Waals surface area contributed by atoms with Crippen molar-refractivity contribution in [2.24, 2.45) is 11.8 Å². The van der Waals surface area contributed by atoms with Gasteiger partial charge in [0.15, 0.2) is 0 Å². The summed E-state index contributed by atoms with van der Waals surface area (Å²) in [5.41, 5.74) is 0. The van der Waals surface area contributed by atoms with Gasteiger partial charge in [0.05, 0.1) is 13.2 Å². The summed E-state index contributed by atoms with van der Waals surface area (Å²) in [6.45, 7) is 3.68. The van der Waals surface area contributed by atoms with Crippen molar-refractivity contribution in [1.29, 1.82) is 0 Å². The quantitative estimate of drug-likeness (QED) is 0.518. The first kappa shape index (κ1) is 12.1. The number of ether oxygens (including phenoxy) is 1. The van der Waals surface area contributed by atoms with E-state index in [0.29, 0.717) is 0 Å². The summed E-state index contributed by atoms with van der Waals surface area (Å²) in [4.78, 5) is 2.15. The molecule has 92 valence electrons. The van der Waals surface area contributed by atoms with Crippen LogP contribution in [0.3, 0.4) is 0 Å². The molecule has 3 unspecified atom stereocenters. The zero-order valence-electron chi connectivity index (χ0n) is 10.5. The molecule has 2 rings (SSSR count). The van der Waals surface area contributed by atoms with Crippen LogP contribution in [0.4, 0.5) is 0 Å². The van der Waals surface area contributed by atoms with Crippen molar-refractivity contribution in [3.8, 4) is 0 Å². The Morgan fingerprint density at radius 2 is 2.25 bits per heavy atom. The number of fused-ring (bicyclic) bond motifs is 1. The van der Waals surface area contributed by atoms with Gasteiger partial charge in [0.1, 0.15) is 0 Å². The lowest BCUT2D eigenvalue weighted by Gasteiger charge is -2.40. The number of allylic oxidation sites excluding steroid dienone is 1. The maximum absolute atomic E-state index is 5.55. The summed E-state index contributed by atoms with van der Waals surface area (Å²) in [5, 5.41) is 3.59. The van der Waals surface area contributed by atoms with E-state index >= 15 is 0 Å². The fourth-order valence-electron chi connectivity index (χ4n) is 2.61. The van der Waals surface area contributed by atoms with Gasteiger partial charge < -0.3 is 15.0 Å². The minimum atomic E-state index is 0.723. The normalized spacial score (nSPS) is 31.8. The van der Waals surface area contributed by atoms with E-state index in [1.165, 1.54) is 12.8 Å². The van der Waals surface area contributed by atoms with Gasteiger partial charge in [-0.05, 0) is 38.8 Å². The molecule has 0 radical (unpaired) electrons. The summed E-state index contributed by atoms with van der Waals surface area (Å²) >= 11 is 0. The van der Waals surface area contributed by atoms with Crippen molar-refractivity contribution in [2.45, 2.75) is 18.9 Å². The average molecular weight is 224 g/mol. The largest absolute Gasteiger partial charge is 0.379 e. The number of rotatable bonds is 7. The fourth-order valence-corrected chi connectivity index (χ4v) is 2.61. The van der Waals surface area contributed by atoms with E-state index in [4.69, 9.17) is 4.74 Å². The molecule has 1 fully saturated rings. The van der Waals surface area contributed by atoms with E-state index in [1.807, 2.05) is 0 Å². The highest BCUT2D eigenvalue weighted by molar-refractivity contribution is 5.12. The van der Waals surface area contributed by atoms with E-state index < -0.39 is 0 Å². The molecule has 1 N–H and O–H groups in total. The first-order valence-electron chi connectivity index (χ1n) is 6.40. The van der Waals surface area contributed by atoms with E-state index in [9.17, 15) is 0 Å². The minimum absolute atomic E-state index is 0.723. The van der Waals surface area contributed by atoms with E-state index in [1.54, 1.807) is 0 Å². The standard InChI is InChI=1S/C13H24N2O/c1-15(2)7-9-16-8-6-14-13-10-11-4-3-5-12(11)13/h3,5,11-14H,4,6-10H2,1-2H3. The van der Waals surface area contributed by atoms with Crippen LogP contribution in [-0.4, -0.2) is 51.3 Å². The van der Waals surface area contributed by atoms with Gasteiger partial charge in [0, 0.05) is 19.1 Å². The highest BCUT2D eigenvalue weighted by atomic mass is 16.5. The van der Waals surface area contributed by atoms with E-state index in [0.717, 1.165) is 44.2 Å². The second kappa shape index (κ2) is 5.80. The van der Waals surface area contributed by atoms with Gasteiger partial charge in [-0.1, -0.05) is 12.2 Å². The second-order valence-electron chi connectivity index (χ2n) is 5.21. The molecule has 0 aliphatic heterocycles. The molecule has 0 aromatic carbocycles. The molecule has 0 aromatic heterocycles. The highest BCUT2D eigenvalue weighted by Crippen LogP contribution is 2.42. The van der Waals surface area contributed by atoms with Crippen LogP contribution in [0.5, 0.6) is 0 Å². The van der Waals surface area contributed by atoms with Gasteiger partial charge in [-0.25, -0.2) is 0 Å². The zero-order chi connectivity index (χ0) is 11.4. The Kier molecular flexibility index (Phi) is 4.38. The van der Waals surface area contributed by atoms with Crippen LogP contribution in [-0.2, 0) is 4.74 Å². The van der Waals surface area contributed by atoms with Crippen LogP contribution in [0.15, 0.2) is 12.2 Å². The Hall–Kier alpha value is -0.380. The molecule has 0 saturated heterocycles. The van der Waals surface area contributed by atoms with Crippen LogP contribution in [0.25, 0.3) is 0 Å². The molecule has 1 saturated carbocycles. The molecular weight excluding hydrogens is 200 g/mol. The van der Waals surface area contributed by atoms with E-state index in [2.05, 4.69) is 36.5 Å². The predicted octanol–water partition coefficient (Wildman–Crippen LogP) is 1.12. The molecule has 3 heteroatoms. The molecule has 16 heavy (non-hydrogen) atoms. The smallest absolute Gasteiger partial charge is 0.0593 e. The zero-order valence-corrected chi connectivity index (χ0v) is 10.5. The lowest BCUT2D eigenvalue weighted by atomic mass is 9.71. The van der Waals surface area contributed by atoms with Gasteiger partial charge in [-0.3, -0.25) is 0 Å². The molecule has 0 spiro atoms. The summed E-state index contributed by atoms with van der Waals surface area (Å²) in [6.07, 6.45) is 7.39. The van der Waals surface area contributed by atoms with Gasteiger partial charge >= 0.3 is 0 Å². The van der Waals surface area contributed by atoms with Crippen LogP contribution >= 0.6 is 0 Å². The Labute approximate surface area is 98.8 Å². The summed E-state index contributed by atoms with van der Waals surface area (Å²) in [6, 6.07) is 0.723. The van der Waals surface area contributed by atoms with E-state index in [-0.39, 0.29) is 0 Å². The molecule has 3 nitrogen and oxygen atoms in total. The average Bonchev–Trinajstić information content (AvgIpc) is 2.58. The lowest BCUT2D eigenvalue weighted by Crippen LogP contribution is -2.48. The summed E-state index contributed by atoms with van der Waals surface area (Å²) in [5.74, 6) is 1.77. The van der Waals surface area contributed by atoms with Crippen molar-refractivity contribution in [3.05, 3.63) is 12.2 Å². The summed E-state index contributed by atoms with van der Waals surface area (Å²) < 4.78 is 5.55. The monoisotopic (exact) mass is 224 g/mol. The molecule has 3 atom stereocenters. The first-order valence-corrected chi connectivity index (χ1v) is 6.40. The SMILES string of the molecule is CN(C)CCOCCNC1CC2CC=CC21. The second-order valence-corrected chi connectivity index (χ2v) is 5.21. The van der Waals surface area contributed by atoms with Crippen molar-refractivity contribution in [2.75, 3.05) is 40.4 Å². The van der Waals surface area contributed by atoms with Crippen molar-refractivity contribution >= 4 is 0 Å². The van der Waals surface area contributed by atoms with Gasteiger partial charge in [-0.15, -0.1) is 0 Å². The molecule has 0 amide bonds. The molecule has 2 aliphatic carbocycles. The van der Waals surface area contributed by atoms with Crippen molar-refractivity contribution in [1.82, 2.24) is 10.2 Å². The third-order valence-corrected chi connectivity index (χ3v) is 3.70. The lowest BCUT2D eigenvalue weighted by molar-refractivity contribution is 0.102. The van der Waals surface area contributed by atoms with Crippen LogP contribution in [0.1, 0.15) is 12.8 Å². The number of hydrogen-bond acceptors (Lipinski definition) is 3. The van der Waals surface area contributed by atoms with Gasteiger partial charge in [0.25, 0.3) is 0 Å². The Balaban J connectivity index is 1.45. The fraction of sp³-hybridized carbons (Fsp3) is 0.846. The van der Waals surface area contributed by atoms with Crippen LogP contribution in [0.2, 0.25) is 0 Å². The third kappa shape index (κ3) is 3.06. The number of likely N-dealkylation sites (N-methyl/N-ethyl adjacent to an activating group) is 1. The molecular formula is C13H24N2O. The van der Waals surface area contributed by atoms with Crippen molar-refractivity contribution in [3.63, 3.8) is 0 Å². The Morgan fingerprint density at radius 1 is 1.38 bits per heavy atom. The Bertz CT molecular complexity index is 240. The molecule has 0 aromatic rings. The topological polar surface area (TPSA) is 24.5 Å².